The van der Waals surface area contributed by atoms with Crippen LogP contribution in [0.25, 0.3) is 0 Å². The molecule has 0 radical (unpaired) electrons. The summed E-state index contributed by atoms with van der Waals surface area (Å²) in [7, 11) is 2.00. The second-order valence-electron chi connectivity index (χ2n) is 8.42. The number of benzene rings is 1. The van der Waals surface area contributed by atoms with Crippen molar-refractivity contribution in [1.29, 1.82) is 0 Å². The molecule has 6 nitrogen and oxygen atoms in total. The molecule has 0 spiro atoms. The molecular formula is C23H32N4O2S. The summed E-state index contributed by atoms with van der Waals surface area (Å²) in [5.74, 6) is 1.98. The van der Waals surface area contributed by atoms with Crippen molar-refractivity contribution in [2.24, 2.45) is 7.05 Å². The third-order valence-electron chi connectivity index (χ3n) is 6.45. The molecule has 2 fully saturated rings. The summed E-state index contributed by atoms with van der Waals surface area (Å²) in [4.78, 5) is 13.3. The third-order valence-corrected chi connectivity index (χ3v) is 7.60. The van der Waals surface area contributed by atoms with E-state index in [1.807, 2.05) is 29.8 Å². The number of ether oxygens (including phenoxy) is 1. The fourth-order valence-corrected chi connectivity index (χ4v) is 5.64. The lowest BCUT2D eigenvalue weighted by Crippen LogP contribution is -2.46. The Morgan fingerprint density at radius 2 is 2.00 bits per heavy atom. The third kappa shape index (κ3) is 4.72. The monoisotopic (exact) mass is 428 g/mol. The molecule has 1 saturated carbocycles. The lowest BCUT2D eigenvalue weighted by Gasteiger charge is -2.36. The molecule has 7 heteroatoms. The summed E-state index contributed by atoms with van der Waals surface area (Å²) in [6.07, 6.45) is 8.58. The Hall–Kier alpha value is -1.86. The van der Waals surface area contributed by atoms with Crippen LogP contribution in [0.4, 0.5) is 0 Å². The highest BCUT2D eigenvalue weighted by Gasteiger charge is 2.40. The van der Waals surface area contributed by atoms with E-state index >= 15 is 0 Å². The Bertz CT molecular complexity index is 827. The molecular weight excluding hydrogens is 396 g/mol. The standard InChI is InChI=1S/C23H32N4O2S/c1-27-20(25-26-22(27)30-17-19-11-8-16-29-19)12-15-24-21(28)23(13-6-3-7-14-23)18-9-4-2-5-10-18/h2,4-5,9-10,19H,3,6-8,11-17H2,1H3,(H,24,28)/t19-/m1/s1. The average Bonchev–Trinajstić information content (AvgIpc) is 3.43. The van der Waals surface area contributed by atoms with Gasteiger partial charge in [-0.15, -0.1) is 10.2 Å². The quantitative estimate of drug-likeness (QED) is 0.650. The predicted octanol–water partition coefficient (Wildman–Crippen LogP) is 3.65. The van der Waals surface area contributed by atoms with E-state index in [2.05, 4.69) is 27.6 Å². The Balaban J connectivity index is 1.33. The van der Waals surface area contributed by atoms with Gasteiger partial charge in [-0.25, -0.2) is 0 Å². The molecule has 1 N–H and O–H groups in total. The molecule has 1 saturated heterocycles. The second kappa shape index (κ2) is 9.96. The van der Waals surface area contributed by atoms with E-state index in [0.29, 0.717) is 19.1 Å². The van der Waals surface area contributed by atoms with Crippen LogP contribution in [0.2, 0.25) is 0 Å². The van der Waals surface area contributed by atoms with E-state index in [0.717, 1.165) is 67.4 Å². The van der Waals surface area contributed by atoms with Crippen LogP contribution < -0.4 is 5.32 Å². The maximum atomic E-state index is 13.3. The molecule has 1 aromatic heterocycles. The topological polar surface area (TPSA) is 69.0 Å². The Labute approximate surface area is 183 Å². The smallest absolute Gasteiger partial charge is 0.230 e. The highest BCUT2D eigenvalue weighted by atomic mass is 32.2. The van der Waals surface area contributed by atoms with Crippen LogP contribution in [0.1, 0.15) is 56.3 Å². The first-order chi connectivity index (χ1) is 14.7. The summed E-state index contributed by atoms with van der Waals surface area (Å²) in [5.41, 5.74) is 0.760. The van der Waals surface area contributed by atoms with Crippen molar-refractivity contribution >= 4 is 17.7 Å². The summed E-state index contributed by atoms with van der Waals surface area (Å²) in [5, 5.41) is 12.8. The van der Waals surface area contributed by atoms with Gasteiger partial charge in [-0.3, -0.25) is 4.79 Å². The summed E-state index contributed by atoms with van der Waals surface area (Å²) in [6, 6.07) is 10.3. The fraction of sp³-hybridized carbons (Fsp3) is 0.609. The maximum Gasteiger partial charge on any atom is 0.230 e. The van der Waals surface area contributed by atoms with Crippen LogP contribution in [-0.2, 0) is 28.4 Å². The number of hydrogen-bond acceptors (Lipinski definition) is 5. The van der Waals surface area contributed by atoms with Crippen LogP contribution in [0.15, 0.2) is 35.5 Å². The highest BCUT2D eigenvalue weighted by Crippen LogP contribution is 2.39. The van der Waals surface area contributed by atoms with Crippen molar-refractivity contribution in [2.75, 3.05) is 18.9 Å². The minimum atomic E-state index is -0.387. The van der Waals surface area contributed by atoms with Gasteiger partial charge in [0, 0.05) is 32.4 Å². The zero-order chi connectivity index (χ0) is 20.8. The first-order valence-electron chi connectivity index (χ1n) is 11.2. The molecule has 2 aliphatic rings. The molecule has 2 aromatic rings. The zero-order valence-corrected chi connectivity index (χ0v) is 18.6. The van der Waals surface area contributed by atoms with Crippen molar-refractivity contribution in [1.82, 2.24) is 20.1 Å². The first-order valence-corrected chi connectivity index (χ1v) is 12.1. The van der Waals surface area contributed by atoms with Gasteiger partial charge in [0.2, 0.25) is 5.91 Å². The van der Waals surface area contributed by atoms with Gasteiger partial charge in [-0.05, 0) is 31.2 Å². The molecule has 162 valence electrons. The van der Waals surface area contributed by atoms with Gasteiger partial charge in [-0.2, -0.15) is 0 Å². The molecule has 2 heterocycles. The molecule has 1 atom stereocenters. The number of amides is 1. The molecule has 1 amide bonds. The van der Waals surface area contributed by atoms with Crippen molar-refractivity contribution in [2.45, 2.75) is 68.0 Å². The minimum Gasteiger partial charge on any atom is -0.377 e. The number of thioether (sulfide) groups is 1. The van der Waals surface area contributed by atoms with E-state index in [4.69, 9.17) is 4.74 Å². The van der Waals surface area contributed by atoms with Crippen molar-refractivity contribution in [3.05, 3.63) is 41.7 Å². The first kappa shape index (κ1) is 21.4. The van der Waals surface area contributed by atoms with Gasteiger partial charge in [0.1, 0.15) is 5.82 Å². The minimum absolute atomic E-state index is 0.156. The van der Waals surface area contributed by atoms with Crippen molar-refractivity contribution < 1.29 is 9.53 Å². The largest absolute Gasteiger partial charge is 0.377 e. The Kier molecular flexibility index (Phi) is 7.10. The van der Waals surface area contributed by atoms with Crippen LogP contribution in [0.3, 0.4) is 0 Å². The summed E-state index contributed by atoms with van der Waals surface area (Å²) in [6.45, 7) is 1.45. The van der Waals surface area contributed by atoms with E-state index in [1.54, 1.807) is 11.8 Å². The maximum absolute atomic E-state index is 13.3. The fourth-order valence-electron chi connectivity index (χ4n) is 4.65. The second-order valence-corrected chi connectivity index (χ2v) is 9.41. The van der Waals surface area contributed by atoms with Crippen LogP contribution >= 0.6 is 11.8 Å². The van der Waals surface area contributed by atoms with Crippen LogP contribution in [-0.4, -0.2) is 45.7 Å². The normalized spacial score (nSPS) is 20.9. The zero-order valence-electron chi connectivity index (χ0n) is 17.8. The molecule has 30 heavy (non-hydrogen) atoms. The summed E-state index contributed by atoms with van der Waals surface area (Å²) >= 11 is 1.70. The van der Waals surface area contributed by atoms with Gasteiger partial charge in [0.25, 0.3) is 0 Å². The number of carbonyl (C=O) groups excluding carboxylic acids is 1. The number of rotatable bonds is 8. The van der Waals surface area contributed by atoms with Gasteiger partial charge < -0.3 is 14.6 Å². The lowest BCUT2D eigenvalue weighted by molar-refractivity contribution is -0.128. The van der Waals surface area contributed by atoms with Crippen LogP contribution in [0.5, 0.6) is 0 Å². The van der Waals surface area contributed by atoms with E-state index in [-0.39, 0.29) is 11.3 Å². The molecule has 0 bridgehead atoms. The Morgan fingerprint density at radius 1 is 1.20 bits per heavy atom. The van der Waals surface area contributed by atoms with Crippen molar-refractivity contribution in [3.63, 3.8) is 0 Å². The molecule has 1 aliphatic carbocycles. The number of nitrogens with one attached hydrogen (secondary N) is 1. The van der Waals surface area contributed by atoms with E-state index in [9.17, 15) is 4.79 Å². The predicted molar refractivity (Wildman–Crippen MR) is 119 cm³/mol. The Morgan fingerprint density at radius 3 is 2.73 bits per heavy atom. The van der Waals surface area contributed by atoms with E-state index < -0.39 is 0 Å². The number of aromatic nitrogens is 3. The molecule has 4 rings (SSSR count). The SMILES string of the molecule is Cn1c(CCNC(=O)C2(c3ccccc3)CCCCC2)nnc1SC[C@H]1CCCO1. The number of nitrogens with zero attached hydrogens (tertiary/aromatic N) is 3. The van der Waals surface area contributed by atoms with E-state index in [1.165, 1.54) is 6.42 Å². The van der Waals surface area contributed by atoms with Gasteiger partial charge in [0.15, 0.2) is 5.16 Å². The van der Waals surface area contributed by atoms with Gasteiger partial charge in [0.05, 0.1) is 11.5 Å². The molecule has 1 aliphatic heterocycles. The van der Waals surface area contributed by atoms with Gasteiger partial charge >= 0.3 is 0 Å². The molecule has 1 aromatic carbocycles. The average molecular weight is 429 g/mol. The number of carbonyl (C=O) groups is 1. The highest BCUT2D eigenvalue weighted by molar-refractivity contribution is 7.99. The lowest BCUT2D eigenvalue weighted by atomic mass is 9.68. The summed E-state index contributed by atoms with van der Waals surface area (Å²) < 4.78 is 7.73. The van der Waals surface area contributed by atoms with Crippen LogP contribution in [0, 0.1) is 0 Å². The van der Waals surface area contributed by atoms with Crippen molar-refractivity contribution in [3.8, 4) is 0 Å². The number of hydrogen-bond donors (Lipinski definition) is 1. The molecule has 0 unspecified atom stereocenters. The van der Waals surface area contributed by atoms with Gasteiger partial charge in [-0.1, -0.05) is 61.4 Å².